The summed E-state index contributed by atoms with van der Waals surface area (Å²) in [5.74, 6) is -2.09. The lowest BCUT2D eigenvalue weighted by Gasteiger charge is -2.26. The van der Waals surface area contributed by atoms with Crippen molar-refractivity contribution in [1.29, 1.82) is 0 Å². The van der Waals surface area contributed by atoms with Gasteiger partial charge in [-0.25, -0.2) is 9.37 Å². The van der Waals surface area contributed by atoms with Gasteiger partial charge in [-0.3, -0.25) is 14.4 Å². The monoisotopic (exact) mass is 561 g/mol. The summed E-state index contributed by atoms with van der Waals surface area (Å²) in [6.07, 6.45) is 2.10. The number of carbonyl (C=O) groups excluding carboxylic acids is 3. The highest BCUT2D eigenvalue weighted by atomic mass is 19.1. The number of hydrogen-bond donors (Lipinski definition) is 0. The summed E-state index contributed by atoms with van der Waals surface area (Å²) >= 11 is 0. The van der Waals surface area contributed by atoms with Gasteiger partial charge in [0.25, 0.3) is 0 Å². The van der Waals surface area contributed by atoms with E-state index < -0.39 is 36.5 Å². The van der Waals surface area contributed by atoms with E-state index in [2.05, 4.69) is 18.8 Å². The fourth-order valence-corrected chi connectivity index (χ4v) is 3.79. The molecule has 9 nitrogen and oxygen atoms in total. The van der Waals surface area contributed by atoms with Crippen molar-refractivity contribution in [2.75, 3.05) is 27.1 Å². The van der Waals surface area contributed by atoms with Crippen LogP contribution in [0.25, 0.3) is 0 Å². The maximum Gasteiger partial charge on any atom is 0.309 e. The number of halogens is 1. The fraction of sp³-hybridized carbons (Fsp3) is 0.533. The quantitative estimate of drug-likeness (QED) is 0.111. The second-order valence-electron chi connectivity index (χ2n) is 10.1. The van der Waals surface area contributed by atoms with Gasteiger partial charge in [-0.2, -0.15) is 0 Å². The third kappa shape index (κ3) is 10.9. The van der Waals surface area contributed by atoms with Crippen molar-refractivity contribution in [3.8, 4) is 11.5 Å². The van der Waals surface area contributed by atoms with Gasteiger partial charge in [0.15, 0.2) is 23.0 Å². The molecule has 0 radical (unpaired) electrons. The summed E-state index contributed by atoms with van der Waals surface area (Å²) in [4.78, 5) is 41.3. The van der Waals surface area contributed by atoms with E-state index in [0.29, 0.717) is 25.6 Å². The lowest BCUT2D eigenvalue weighted by atomic mass is 9.95. The lowest BCUT2D eigenvalue weighted by Crippen LogP contribution is -2.32. The minimum absolute atomic E-state index is 0.0168. The average Bonchev–Trinajstić information content (AvgIpc) is 2.90. The van der Waals surface area contributed by atoms with Gasteiger partial charge in [-0.05, 0) is 43.4 Å². The molecular weight excluding hydrogens is 521 g/mol. The first-order valence-electron chi connectivity index (χ1n) is 13.4. The largest absolute Gasteiger partial charge is 0.493 e. The van der Waals surface area contributed by atoms with E-state index in [1.54, 1.807) is 26.0 Å². The van der Waals surface area contributed by atoms with Gasteiger partial charge in [-0.1, -0.05) is 32.9 Å². The van der Waals surface area contributed by atoms with Gasteiger partial charge in [0.05, 0.1) is 19.6 Å². The van der Waals surface area contributed by atoms with E-state index in [4.69, 9.17) is 23.7 Å². The zero-order chi connectivity index (χ0) is 29.7. The van der Waals surface area contributed by atoms with Crippen LogP contribution < -0.4 is 9.47 Å². The van der Waals surface area contributed by atoms with Crippen LogP contribution in [0, 0.1) is 23.6 Å². The molecule has 1 aromatic heterocycles. The zero-order valence-corrected chi connectivity index (χ0v) is 24.1. The van der Waals surface area contributed by atoms with E-state index in [1.165, 1.54) is 38.4 Å². The number of benzene rings is 1. The number of rotatable bonds is 17. The molecule has 0 unspecified atom stereocenters. The van der Waals surface area contributed by atoms with Crippen LogP contribution in [-0.4, -0.2) is 55.9 Å². The second kappa shape index (κ2) is 16.5. The van der Waals surface area contributed by atoms with Crippen LogP contribution >= 0.6 is 0 Å². The van der Waals surface area contributed by atoms with Gasteiger partial charge in [-0.15, -0.1) is 0 Å². The van der Waals surface area contributed by atoms with Crippen LogP contribution in [0.15, 0.2) is 36.5 Å². The van der Waals surface area contributed by atoms with Gasteiger partial charge >= 0.3 is 11.9 Å². The highest BCUT2D eigenvalue weighted by Crippen LogP contribution is 2.31. The molecular formula is C30H40FNO8. The Labute approximate surface area is 235 Å². The summed E-state index contributed by atoms with van der Waals surface area (Å²) in [5.41, 5.74) is 0.849. The highest BCUT2D eigenvalue weighted by molar-refractivity contribution is 5.99. The number of ketones is 1. The van der Waals surface area contributed by atoms with Crippen LogP contribution in [0.1, 0.15) is 63.5 Å². The summed E-state index contributed by atoms with van der Waals surface area (Å²) in [6.45, 7) is 9.36. The molecule has 0 aliphatic carbocycles. The highest BCUT2D eigenvalue weighted by Gasteiger charge is 2.28. The predicted molar refractivity (Wildman–Crippen MR) is 146 cm³/mol. The molecule has 40 heavy (non-hydrogen) atoms. The number of nitrogens with zero attached hydrogens (tertiary/aromatic N) is 1. The van der Waals surface area contributed by atoms with E-state index in [1.807, 2.05) is 0 Å². The predicted octanol–water partition coefficient (Wildman–Crippen LogP) is 5.19. The lowest BCUT2D eigenvalue weighted by molar-refractivity contribution is -0.156. The van der Waals surface area contributed by atoms with E-state index in [9.17, 15) is 18.8 Å². The van der Waals surface area contributed by atoms with Crippen LogP contribution in [0.3, 0.4) is 0 Å². The number of methoxy groups -OCH3 is 1. The second-order valence-corrected chi connectivity index (χ2v) is 10.1. The molecule has 0 amide bonds. The number of esters is 2. The summed E-state index contributed by atoms with van der Waals surface area (Å²) in [7, 11) is 1.40. The Morgan fingerprint density at radius 1 is 1.02 bits per heavy atom. The number of aromatic nitrogens is 1. The molecule has 1 aromatic carbocycles. The molecule has 1 heterocycles. The Bertz CT molecular complexity index is 1110. The molecule has 0 N–H and O–H groups in total. The van der Waals surface area contributed by atoms with Gasteiger partial charge in [0, 0.05) is 38.1 Å². The molecule has 0 aliphatic rings. The Morgan fingerprint density at radius 2 is 1.73 bits per heavy atom. The molecule has 0 saturated carbocycles. The molecule has 3 atom stereocenters. The van der Waals surface area contributed by atoms with E-state index in [0.717, 1.165) is 12.0 Å². The van der Waals surface area contributed by atoms with Crippen molar-refractivity contribution < 1.29 is 42.5 Å². The minimum atomic E-state index is -0.780. The molecule has 2 aromatic rings. The Kier molecular flexibility index (Phi) is 13.5. The van der Waals surface area contributed by atoms with Gasteiger partial charge < -0.3 is 23.7 Å². The normalized spacial score (nSPS) is 13.3. The molecule has 0 spiro atoms. The SMILES string of the molecule is COc1ccnc(C(=O)C[C@@H](C)C(=O)O[C@@H](C)[C@@H](COCCC(C)C)Cc2ccc(F)cc2)c1OCOC(C)=O. The van der Waals surface area contributed by atoms with Crippen molar-refractivity contribution in [3.63, 3.8) is 0 Å². The molecule has 220 valence electrons. The topological polar surface area (TPSA) is 110 Å². The number of hydrogen-bond acceptors (Lipinski definition) is 9. The van der Waals surface area contributed by atoms with Crippen molar-refractivity contribution in [2.24, 2.45) is 17.8 Å². The number of carbonyl (C=O) groups is 3. The Morgan fingerprint density at radius 3 is 2.35 bits per heavy atom. The average molecular weight is 562 g/mol. The Hall–Kier alpha value is -3.53. The van der Waals surface area contributed by atoms with E-state index in [-0.39, 0.29) is 35.3 Å². The first-order valence-corrected chi connectivity index (χ1v) is 13.4. The molecule has 10 heteroatoms. The number of pyridine rings is 1. The van der Waals surface area contributed by atoms with Crippen molar-refractivity contribution in [3.05, 3.63) is 53.6 Å². The van der Waals surface area contributed by atoms with Gasteiger partial charge in [0.1, 0.15) is 11.9 Å². The fourth-order valence-electron chi connectivity index (χ4n) is 3.79. The maximum atomic E-state index is 13.4. The molecule has 2 rings (SSSR count). The maximum absolute atomic E-state index is 13.4. The molecule has 0 bridgehead atoms. The van der Waals surface area contributed by atoms with Crippen molar-refractivity contribution in [2.45, 2.75) is 60.0 Å². The van der Waals surface area contributed by atoms with Gasteiger partial charge in [0.2, 0.25) is 6.79 Å². The third-order valence-electron chi connectivity index (χ3n) is 6.26. The first-order chi connectivity index (χ1) is 19.0. The molecule has 0 aliphatic heterocycles. The van der Waals surface area contributed by atoms with Crippen molar-refractivity contribution >= 4 is 17.7 Å². The standard InChI is InChI=1S/C30H40FNO8/c1-19(2)12-14-37-17-24(16-23-7-9-25(31)10-8-23)21(4)40-30(35)20(3)15-26(34)28-29(39-18-38-22(5)33)27(36-6)11-13-32-28/h7-11,13,19-21,24H,12,14-18H2,1-6H3/t20-,21+,24-/m1/s1. The minimum Gasteiger partial charge on any atom is -0.493 e. The number of ether oxygens (including phenoxy) is 5. The smallest absolute Gasteiger partial charge is 0.309 e. The first kappa shape index (κ1) is 32.7. The summed E-state index contributed by atoms with van der Waals surface area (Å²) in [5, 5.41) is 0. The van der Waals surface area contributed by atoms with Crippen LogP contribution in [0.2, 0.25) is 0 Å². The summed E-state index contributed by atoms with van der Waals surface area (Å²) in [6, 6.07) is 7.70. The Balaban J connectivity index is 2.07. The van der Waals surface area contributed by atoms with Crippen LogP contribution in [0.5, 0.6) is 11.5 Å². The third-order valence-corrected chi connectivity index (χ3v) is 6.26. The molecule has 0 fully saturated rings. The molecule has 0 saturated heterocycles. The van der Waals surface area contributed by atoms with Crippen LogP contribution in [-0.2, 0) is 30.2 Å². The number of Topliss-reactive ketones (excluding diaryl/α,β-unsaturated/α-hetero) is 1. The summed E-state index contributed by atoms with van der Waals surface area (Å²) < 4.78 is 40.6. The van der Waals surface area contributed by atoms with Crippen molar-refractivity contribution in [1.82, 2.24) is 4.98 Å². The van der Waals surface area contributed by atoms with E-state index >= 15 is 0 Å². The zero-order valence-electron chi connectivity index (χ0n) is 24.1. The van der Waals surface area contributed by atoms with Crippen LogP contribution in [0.4, 0.5) is 4.39 Å².